The summed E-state index contributed by atoms with van der Waals surface area (Å²) in [4.78, 5) is 0. The van der Waals surface area contributed by atoms with Gasteiger partial charge in [-0.1, -0.05) is 121 Å². The summed E-state index contributed by atoms with van der Waals surface area (Å²) < 4.78 is 6.23. The third-order valence-electron chi connectivity index (χ3n) is 8.74. The second-order valence-electron chi connectivity index (χ2n) is 10.9. The van der Waals surface area contributed by atoms with Crippen LogP contribution in [0.4, 0.5) is 0 Å². The van der Waals surface area contributed by atoms with E-state index in [1.165, 1.54) is 11.1 Å². The van der Waals surface area contributed by atoms with Crippen molar-refractivity contribution >= 4 is 0 Å². The van der Waals surface area contributed by atoms with Gasteiger partial charge in [0.25, 0.3) is 0 Å². The molecule has 0 bridgehead atoms. The van der Waals surface area contributed by atoms with Gasteiger partial charge in [0.2, 0.25) is 0 Å². The lowest BCUT2D eigenvalue weighted by Crippen LogP contribution is -2.37. The van der Waals surface area contributed by atoms with Gasteiger partial charge in [-0.15, -0.1) is 0 Å². The monoisotopic (exact) mass is 529 g/mol. The molecule has 0 saturated heterocycles. The first-order valence-corrected chi connectivity index (χ1v) is 13.9. The van der Waals surface area contributed by atoms with Crippen molar-refractivity contribution < 1.29 is 9.84 Å². The highest BCUT2D eigenvalue weighted by molar-refractivity contribution is 5.83. The molecule has 0 unspecified atom stereocenters. The van der Waals surface area contributed by atoms with Crippen molar-refractivity contribution in [2.24, 2.45) is 5.73 Å². The number of aliphatic hydroxyl groups is 1. The Morgan fingerprint density at radius 2 is 0.756 bits per heavy atom. The van der Waals surface area contributed by atoms with Gasteiger partial charge in [0, 0.05) is 11.1 Å². The average Bonchev–Trinajstić information content (AvgIpc) is 3.46. The molecule has 0 heterocycles. The molecule has 0 saturated carbocycles. The average molecular weight is 530 g/mol. The zero-order valence-corrected chi connectivity index (χ0v) is 22.3. The van der Waals surface area contributed by atoms with E-state index in [0.29, 0.717) is 5.75 Å². The maximum atomic E-state index is 12.1. The number of ether oxygens (including phenoxy) is 1. The van der Waals surface area contributed by atoms with Gasteiger partial charge in [-0.3, -0.25) is 0 Å². The van der Waals surface area contributed by atoms with Crippen LogP contribution in [0.15, 0.2) is 146 Å². The van der Waals surface area contributed by atoms with Gasteiger partial charge in [0.1, 0.15) is 17.1 Å². The predicted molar refractivity (Wildman–Crippen MR) is 163 cm³/mol. The van der Waals surface area contributed by atoms with Crippen LogP contribution >= 0.6 is 0 Å². The Morgan fingerprint density at radius 3 is 1.20 bits per heavy atom. The smallest absolute Gasteiger partial charge is 0.141 e. The van der Waals surface area contributed by atoms with E-state index >= 15 is 0 Å². The standard InChI is InChI=1S/C38H27NO2/c39-37(33-13-5-1-9-29(33)30-10-2-6-14-34(30)37)25-17-21-27(22-18-25)41-28-23-19-26(20-24-28)38(40)35-15-7-3-11-31(35)32-12-4-8-16-36(32)38/h1-24,40H,39H2. The van der Waals surface area contributed by atoms with Crippen LogP contribution < -0.4 is 10.5 Å². The molecule has 0 fully saturated rings. The van der Waals surface area contributed by atoms with Crippen LogP contribution in [0.25, 0.3) is 22.3 Å². The van der Waals surface area contributed by atoms with E-state index in [1.807, 2.05) is 84.9 Å². The van der Waals surface area contributed by atoms with Gasteiger partial charge < -0.3 is 15.6 Å². The molecule has 0 atom stereocenters. The normalized spacial score (nSPS) is 15.0. The highest BCUT2D eigenvalue weighted by Gasteiger charge is 2.43. The van der Waals surface area contributed by atoms with Gasteiger partial charge in [0.15, 0.2) is 0 Å². The number of nitrogens with two attached hydrogens (primary N) is 1. The molecule has 3 nitrogen and oxygen atoms in total. The van der Waals surface area contributed by atoms with Crippen LogP contribution in [0.1, 0.15) is 33.4 Å². The second-order valence-corrected chi connectivity index (χ2v) is 10.9. The van der Waals surface area contributed by atoms with Crippen LogP contribution in [0, 0.1) is 0 Å². The van der Waals surface area contributed by atoms with E-state index < -0.39 is 11.1 Å². The lowest BCUT2D eigenvalue weighted by Gasteiger charge is -2.28. The third-order valence-corrected chi connectivity index (χ3v) is 8.74. The Balaban J connectivity index is 1.09. The quantitative estimate of drug-likeness (QED) is 0.243. The summed E-state index contributed by atoms with van der Waals surface area (Å²) in [6.07, 6.45) is 0. The maximum Gasteiger partial charge on any atom is 0.141 e. The van der Waals surface area contributed by atoms with Crippen molar-refractivity contribution in [2.45, 2.75) is 11.1 Å². The highest BCUT2D eigenvalue weighted by atomic mass is 16.5. The van der Waals surface area contributed by atoms with Gasteiger partial charge in [-0.2, -0.15) is 0 Å². The van der Waals surface area contributed by atoms with E-state index in [9.17, 15) is 5.11 Å². The summed E-state index contributed by atoms with van der Waals surface area (Å²) in [5.41, 5.74) is 15.6. The number of hydrogen-bond acceptors (Lipinski definition) is 3. The number of rotatable bonds is 4. The minimum atomic E-state index is -1.21. The summed E-state index contributed by atoms with van der Waals surface area (Å²) in [5, 5.41) is 12.1. The Hall–Kier alpha value is -4.96. The molecule has 2 aliphatic carbocycles. The van der Waals surface area contributed by atoms with Crippen molar-refractivity contribution in [1.29, 1.82) is 0 Å². The first-order valence-electron chi connectivity index (χ1n) is 13.9. The summed E-state index contributed by atoms with van der Waals surface area (Å²) in [5.74, 6) is 1.42. The number of fused-ring (bicyclic) bond motifs is 6. The minimum absolute atomic E-state index is 0.698. The molecule has 8 rings (SSSR count). The third kappa shape index (κ3) is 3.34. The van der Waals surface area contributed by atoms with Crippen LogP contribution in [0.5, 0.6) is 11.5 Å². The van der Waals surface area contributed by atoms with E-state index in [4.69, 9.17) is 10.5 Å². The molecule has 0 aliphatic heterocycles. The Kier molecular flexibility index (Phi) is 5.11. The molecular weight excluding hydrogens is 502 g/mol. The number of hydrogen-bond donors (Lipinski definition) is 2. The molecule has 196 valence electrons. The molecule has 3 heteroatoms. The Bertz CT molecular complexity index is 1710. The van der Waals surface area contributed by atoms with Crippen molar-refractivity contribution in [3.63, 3.8) is 0 Å². The minimum Gasteiger partial charge on any atom is -0.457 e. The van der Waals surface area contributed by atoms with Crippen molar-refractivity contribution in [2.75, 3.05) is 0 Å². The predicted octanol–water partition coefficient (Wildman–Crippen LogP) is 7.97. The van der Waals surface area contributed by atoms with Gasteiger partial charge >= 0.3 is 0 Å². The largest absolute Gasteiger partial charge is 0.457 e. The van der Waals surface area contributed by atoms with Crippen molar-refractivity contribution in [3.05, 3.63) is 179 Å². The molecule has 0 spiro atoms. The van der Waals surface area contributed by atoms with E-state index in [-0.39, 0.29) is 0 Å². The van der Waals surface area contributed by atoms with Crippen LogP contribution in [-0.4, -0.2) is 5.11 Å². The molecule has 0 amide bonds. The van der Waals surface area contributed by atoms with Crippen molar-refractivity contribution in [3.8, 4) is 33.8 Å². The Labute approximate surface area is 239 Å². The molecule has 41 heavy (non-hydrogen) atoms. The zero-order chi connectivity index (χ0) is 27.6. The molecule has 2 aliphatic rings. The lowest BCUT2D eigenvalue weighted by molar-refractivity contribution is 0.130. The zero-order valence-electron chi connectivity index (χ0n) is 22.3. The van der Waals surface area contributed by atoms with E-state index in [0.717, 1.165) is 50.3 Å². The highest BCUT2D eigenvalue weighted by Crippen LogP contribution is 2.51. The SMILES string of the molecule is NC1(c2ccc(Oc3ccc(C4(O)c5ccccc5-c5ccccc54)cc3)cc2)c2ccccc2-c2ccccc21. The molecule has 0 aromatic heterocycles. The summed E-state index contributed by atoms with van der Waals surface area (Å²) in [6, 6.07) is 48.7. The van der Waals surface area contributed by atoms with E-state index in [2.05, 4.69) is 60.7 Å². The van der Waals surface area contributed by atoms with Crippen LogP contribution in [-0.2, 0) is 11.1 Å². The lowest BCUT2D eigenvalue weighted by atomic mass is 9.82. The second kappa shape index (κ2) is 8.77. The molecular formula is C38H27NO2. The fourth-order valence-corrected chi connectivity index (χ4v) is 6.79. The summed E-state index contributed by atoms with van der Waals surface area (Å²) in [6.45, 7) is 0. The molecule has 6 aromatic rings. The van der Waals surface area contributed by atoms with Gasteiger partial charge in [-0.25, -0.2) is 0 Å². The molecule has 0 radical (unpaired) electrons. The fourth-order valence-electron chi connectivity index (χ4n) is 6.79. The maximum absolute atomic E-state index is 12.1. The van der Waals surface area contributed by atoms with Crippen LogP contribution in [0.3, 0.4) is 0 Å². The summed E-state index contributed by atoms with van der Waals surface area (Å²) >= 11 is 0. The first-order chi connectivity index (χ1) is 20.1. The van der Waals surface area contributed by atoms with Gasteiger partial charge in [0.05, 0.1) is 5.54 Å². The Morgan fingerprint density at radius 1 is 0.415 bits per heavy atom. The van der Waals surface area contributed by atoms with E-state index in [1.54, 1.807) is 0 Å². The fraction of sp³-hybridized carbons (Fsp3) is 0.0526. The topological polar surface area (TPSA) is 55.5 Å². The van der Waals surface area contributed by atoms with Crippen molar-refractivity contribution in [1.82, 2.24) is 0 Å². The number of benzene rings is 6. The van der Waals surface area contributed by atoms with Crippen LogP contribution in [0.2, 0.25) is 0 Å². The summed E-state index contributed by atoms with van der Waals surface area (Å²) in [7, 11) is 0. The molecule has 6 aromatic carbocycles. The van der Waals surface area contributed by atoms with Gasteiger partial charge in [-0.05, 0) is 68.8 Å². The molecule has 3 N–H and O–H groups in total. The first kappa shape index (κ1) is 23.9.